The molecule has 2 rings (SSSR count). The molecule has 15 heavy (non-hydrogen) atoms. The van der Waals surface area contributed by atoms with E-state index in [1.807, 2.05) is 0 Å². The fourth-order valence-electron chi connectivity index (χ4n) is 1.55. The van der Waals surface area contributed by atoms with Gasteiger partial charge in [-0.1, -0.05) is 0 Å². The molecule has 2 heterocycles. The van der Waals surface area contributed by atoms with E-state index in [4.69, 9.17) is 0 Å². The van der Waals surface area contributed by atoms with Crippen LogP contribution in [0.5, 0.6) is 0 Å². The molecule has 0 spiro atoms. The summed E-state index contributed by atoms with van der Waals surface area (Å²) in [4.78, 5) is 15.7. The third kappa shape index (κ3) is 2.09. The van der Waals surface area contributed by atoms with E-state index in [0.717, 1.165) is 12.1 Å². The lowest BCUT2D eigenvalue weighted by atomic mass is 10.3. The van der Waals surface area contributed by atoms with E-state index in [2.05, 4.69) is 17.6 Å². The van der Waals surface area contributed by atoms with Gasteiger partial charge in [0, 0.05) is 30.3 Å². The molecule has 1 fully saturated rings. The molecule has 0 aliphatic carbocycles. The summed E-state index contributed by atoms with van der Waals surface area (Å²) < 4.78 is 25.6. The molecule has 1 unspecified atom stereocenters. The molecule has 3 nitrogen and oxygen atoms in total. The highest BCUT2D eigenvalue weighted by atomic mass is 32.1. The lowest BCUT2D eigenvalue weighted by Crippen LogP contribution is -2.25. The molecule has 1 aliphatic heterocycles. The Morgan fingerprint density at radius 1 is 1.40 bits per heavy atom. The number of carbonyl (C=O) groups is 1. The molecule has 1 amide bonds. The molecular formula is C9H8F2N2OS. The Kier molecular flexibility index (Phi) is 2.60. The number of nitrogens with zero attached hydrogens (tertiary/aromatic N) is 2. The predicted molar refractivity (Wildman–Crippen MR) is 53.9 cm³/mol. The van der Waals surface area contributed by atoms with Crippen LogP contribution in [0.15, 0.2) is 12.1 Å². The maximum atomic E-state index is 12.8. The summed E-state index contributed by atoms with van der Waals surface area (Å²) in [5.74, 6) is -2.04. The summed E-state index contributed by atoms with van der Waals surface area (Å²) in [7, 11) is 0. The Morgan fingerprint density at radius 2 is 2.00 bits per heavy atom. The first kappa shape index (κ1) is 10.4. The van der Waals surface area contributed by atoms with Crippen LogP contribution < -0.4 is 4.90 Å². The number of aromatic nitrogens is 1. The second kappa shape index (κ2) is 3.77. The van der Waals surface area contributed by atoms with E-state index in [0.29, 0.717) is 6.54 Å². The maximum absolute atomic E-state index is 12.8. The molecular weight excluding hydrogens is 222 g/mol. The van der Waals surface area contributed by atoms with Crippen LogP contribution in [-0.2, 0) is 4.79 Å². The average Bonchev–Trinajstić information content (AvgIpc) is 2.43. The molecule has 1 aliphatic rings. The Morgan fingerprint density at radius 3 is 2.47 bits per heavy atom. The Labute approximate surface area is 90.5 Å². The zero-order chi connectivity index (χ0) is 11.0. The maximum Gasteiger partial charge on any atom is 0.228 e. The second-order valence-electron chi connectivity index (χ2n) is 3.33. The van der Waals surface area contributed by atoms with Gasteiger partial charge in [-0.05, 0) is 0 Å². The Bertz CT molecular complexity index is 393. The van der Waals surface area contributed by atoms with Gasteiger partial charge in [0.1, 0.15) is 0 Å². The molecule has 0 radical (unpaired) electrons. The van der Waals surface area contributed by atoms with Gasteiger partial charge in [0.05, 0.1) is 5.69 Å². The van der Waals surface area contributed by atoms with E-state index in [1.54, 1.807) is 0 Å². The minimum Gasteiger partial charge on any atom is -0.311 e. The largest absolute Gasteiger partial charge is 0.311 e. The van der Waals surface area contributed by atoms with Gasteiger partial charge < -0.3 is 4.90 Å². The van der Waals surface area contributed by atoms with E-state index in [9.17, 15) is 13.6 Å². The molecule has 1 atom stereocenters. The summed E-state index contributed by atoms with van der Waals surface area (Å²) in [6, 6.07) is 2.07. The fraction of sp³-hybridized carbons (Fsp3) is 0.333. The van der Waals surface area contributed by atoms with Crippen molar-refractivity contribution in [3.8, 4) is 0 Å². The van der Waals surface area contributed by atoms with Crippen LogP contribution in [0.2, 0.25) is 0 Å². The van der Waals surface area contributed by atoms with Crippen LogP contribution in [0, 0.1) is 11.9 Å². The van der Waals surface area contributed by atoms with Gasteiger partial charge in [-0.15, -0.1) is 0 Å². The third-order valence-electron chi connectivity index (χ3n) is 2.16. The van der Waals surface area contributed by atoms with Crippen molar-refractivity contribution in [2.45, 2.75) is 11.7 Å². The average molecular weight is 230 g/mol. The SMILES string of the molecule is O=C1CC(S)CN1c1cc(F)nc(F)c1. The lowest BCUT2D eigenvalue weighted by Gasteiger charge is -2.15. The number of amides is 1. The van der Waals surface area contributed by atoms with Gasteiger partial charge in [0.25, 0.3) is 0 Å². The van der Waals surface area contributed by atoms with Gasteiger partial charge in [0.15, 0.2) is 0 Å². The minimum atomic E-state index is -0.930. The standard InChI is InChI=1S/C9H8F2N2OS/c10-7-1-5(2-8(11)12-7)13-4-6(15)3-9(13)14/h1-2,6,15H,3-4H2. The number of halogens is 2. The molecule has 6 heteroatoms. The zero-order valence-electron chi connectivity index (χ0n) is 7.65. The lowest BCUT2D eigenvalue weighted by molar-refractivity contribution is -0.117. The molecule has 0 aromatic carbocycles. The van der Waals surface area contributed by atoms with E-state index < -0.39 is 11.9 Å². The molecule has 80 valence electrons. The van der Waals surface area contributed by atoms with Crippen molar-refractivity contribution in [2.75, 3.05) is 11.4 Å². The molecule has 1 aromatic heterocycles. The number of rotatable bonds is 1. The number of thiol groups is 1. The van der Waals surface area contributed by atoms with Crippen molar-refractivity contribution >= 4 is 24.2 Å². The van der Waals surface area contributed by atoms with E-state index in [-0.39, 0.29) is 23.3 Å². The van der Waals surface area contributed by atoms with Crippen molar-refractivity contribution in [3.05, 3.63) is 24.0 Å². The normalized spacial score (nSPS) is 21.1. The summed E-state index contributed by atoms with van der Waals surface area (Å²) in [6.07, 6.45) is 0.286. The van der Waals surface area contributed by atoms with Crippen molar-refractivity contribution in [1.82, 2.24) is 4.98 Å². The van der Waals surface area contributed by atoms with Crippen LogP contribution >= 0.6 is 12.6 Å². The highest BCUT2D eigenvalue weighted by Gasteiger charge is 2.28. The highest BCUT2D eigenvalue weighted by Crippen LogP contribution is 2.24. The molecule has 0 N–H and O–H groups in total. The van der Waals surface area contributed by atoms with Crippen molar-refractivity contribution in [1.29, 1.82) is 0 Å². The van der Waals surface area contributed by atoms with Crippen LogP contribution in [0.1, 0.15) is 6.42 Å². The smallest absolute Gasteiger partial charge is 0.228 e. The highest BCUT2D eigenvalue weighted by molar-refractivity contribution is 7.81. The summed E-state index contributed by atoms with van der Waals surface area (Å²) in [6.45, 7) is 0.366. The number of carbonyl (C=O) groups excluding carboxylic acids is 1. The topological polar surface area (TPSA) is 33.2 Å². The monoisotopic (exact) mass is 230 g/mol. The van der Waals surface area contributed by atoms with Crippen LogP contribution in [0.25, 0.3) is 0 Å². The zero-order valence-corrected chi connectivity index (χ0v) is 8.55. The van der Waals surface area contributed by atoms with Crippen molar-refractivity contribution in [3.63, 3.8) is 0 Å². The number of pyridine rings is 1. The third-order valence-corrected chi connectivity index (χ3v) is 2.51. The molecule has 1 aromatic rings. The van der Waals surface area contributed by atoms with Gasteiger partial charge in [0.2, 0.25) is 17.8 Å². The van der Waals surface area contributed by atoms with Gasteiger partial charge in [-0.25, -0.2) is 0 Å². The summed E-state index contributed by atoms with van der Waals surface area (Å²) in [5.41, 5.74) is 0.196. The first-order chi connectivity index (χ1) is 7.06. The molecule has 0 saturated carbocycles. The number of anilines is 1. The first-order valence-corrected chi connectivity index (χ1v) is 4.89. The Balaban J connectivity index is 2.33. The molecule has 1 saturated heterocycles. The minimum absolute atomic E-state index is 0.0863. The van der Waals surface area contributed by atoms with Gasteiger partial charge in [-0.3, -0.25) is 4.79 Å². The second-order valence-corrected chi connectivity index (χ2v) is 4.06. The Hall–Kier alpha value is -1.17. The van der Waals surface area contributed by atoms with Crippen LogP contribution in [0.3, 0.4) is 0 Å². The molecule has 0 bridgehead atoms. The first-order valence-electron chi connectivity index (χ1n) is 4.38. The fourth-order valence-corrected chi connectivity index (χ4v) is 1.87. The summed E-state index contributed by atoms with van der Waals surface area (Å²) >= 11 is 4.15. The van der Waals surface area contributed by atoms with E-state index in [1.165, 1.54) is 4.90 Å². The van der Waals surface area contributed by atoms with Crippen LogP contribution in [0.4, 0.5) is 14.5 Å². The van der Waals surface area contributed by atoms with Gasteiger partial charge in [-0.2, -0.15) is 26.4 Å². The number of hydrogen-bond donors (Lipinski definition) is 1. The van der Waals surface area contributed by atoms with Gasteiger partial charge >= 0.3 is 0 Å². The number of hydrogen-bond acceptors (Lipinski definition) is 3. The quantitative estimate of drug-likeness (QED) is 0.584. The van der Waals surface area contributed by atoms with Crippen LogP contribution in [-0.4, -0.2) is 22.7 Å². The van der Waals surface area contributed by atoms with Crippen molar-refractivity contribution in [2.24, 2.45) is 0 Å². The summed E-state index contributed by atoms with van der Waals surface area (Å²) in [5, 5.41) is -0.0863. The van der Waals surface area contributed by atoms with E-state index >= 15 is 0 Å². The van der Waals surface area contributed by atoms with Crippen molar-refractivity contribution < 1.29 is 13.6 Å². The predicted octanol–water partition coefficient (Wildman–Crippen LogP) is 1.39.